The third kappa shape index (κ3) is 5.23. The second-order valence-corrected chi connectivity index (χ2v) is 8.01. The SMILES string of the molecule is CCCCN1C(=O)CC(C(=O)NC2CCCC2CN)C1c1ccc(OC)cc1.Cl. The highest BCUT2D eigenvalue weighted by Gasteiger charge is 2.45. The Morgan fingerprint density at radius 1 is 1.28 bits per heavy atom. The minimum Gasteiger partial charge on any atom is -0.497 e. The maximum atomic E-state index is 13.2. The predicted molar refractivity (Wildman–Crippen MR) is 116 cm³/mol. The van der Waals surface area contributed by atoms with Gasteiger partial charge in [0.15, 0.2) is 0 Å². The van der Waals surface area contributed by atoms with Gasteiger partial charge in [0.1, 0.15) is 5.75 Å². The standard InChI is InChI=1S/C22H33N3O3.ClH/c1-3-4-12-25-20(26)13-18(21(25)15-8-10-17(28-2)11-9-15)22(27)24-19-7-5-6-16(19)14-23;/h8-11,16,18-19,21H,3-7,12-14,23H2,1-2H3,(H,24,27);1H. The molecule has 0 spiro atoms. The quantitative estimate of drug-likeness (QED) is 0.673. The van der Waals surface area contributed by atoms with Crippen LogP contribution in [0.5, 0.6) is 5.75 Å². The molecule has 3 rings (SSSR count). The van der Waals surface area contributed by atoms with E-state index in [0.717, 1.165) is 43.4 Å². The summed E-state index contributed by atoms with van der Waals surface area (Å²) in [5.41, 5.74) is 6.86. The molecule has 2 aliphatic rings. The summed E-state index contributed by atoms with van der Waals surface area (Å²) in [5, 5.41) is 3.22. The molecule has 0 bridgehead atoms. The van der Waals surface area contributed by atoms with Crippen molar-refractivity contribution in [3.8, 4) is 5.75 Å². The van der Waals surface area contributed by atoms with Gasteiger partial charge in [-0.3, -0.25) is 9.59 Å². The molecule has 4 atom stereocenters. The number of nitrogens with one attached hydrogen (secondary N) is 1. The molecule has 7 heteroatoms. The second-order valence-electron chi connectivity index (χ2n) is 8.01. The number of ether oxygens (including phenoxy) is 1. The van der Waals surface area contributed by atoms with E-state index in [1.165, 1.54) is 0 Å². The summed E-state index contributed by atoms with van der Waals surface area (Å²) in [6, 6.07) is 7.65. The topological polar surface area (TPSA) is 84.7 Å². The minimum absolute atomic E-state index is 0. The highest BCUT2D eigenvalue weighted by Crippen LogP contribution is 2.39. The molecule has 0 aromatic heterocycles. The molecule has 162 valence electrons. The molecule has 1 heterocycles. The van der Waals surface area contributed by atoms with Gasteiger partial charge in [0, 0.05) is 19.0 Å². The average molecular weight is 424 g/mol. The van der Waals surface area contributed by atoms with Crippen LogP contribution >= 0.6 is 12.4 Å². The number of hydrogen-bond acceptors (Lipinski definition) is 4. The fourth-order valence-electron chi connectivity index (χ4n) is 4.63. The number of amides is 2. The normalized spacial score (nSPS) is 26.3. The molecule has 29 heavy (non-hydrogen) atoms. The van der Waals surface area contributed by atoms with Crippen molar-refractivity contribution in [1.29, 1.82) is 0 Å². The van der Waals surface area contributed by atoms with Crippen molar-refractivity contribution in [2.45, 2.75) is 57.5 Å². The van der Waals surface area contributed by atoms with Crippen LogP contribution in [-0.4, -0.2) is 43.0 Å². The first-order chi connectivity index (χ1) is 13.6. The molecule has 1 aliphatic heterocycles. The zero-order valence-corrected chi connectivity index (χ0v) is 18.2. The molecule has 1 aliphatic carbocycles. The van der Waals surface area contributed by atoms with Gasteiger partial charge in [-0.15, -0.1) is 12.4 Å². The lowest BCUT2D eigenvalue weighted by Gasteiger charge is -2.29. The summed E-state index contributed by atoms with van der Waals surface area (Å²) in [5.74, 6) is 0.800. The van der Waals surface area contributed by atoms with E-state index in [-0.39, 0.29) is 48.6 Å². The lowest BCUT2D eigenvalue weighted by molar-refractivity contribution is -0.129. The van der Waals surface area contributed by atoms with Gasteiger partial charge in [-0.2, -0.15) is 0 Å². The van der Waals surface area contributed by atoms with E-state index in [1.54, 1.807) is 7.11 Å². The zero-order valence-electron chi connectivity index (χ0n) is 17.4. The Kier molecular flexibility index (Phi) is 8.78. The van der Waals surface area contributed by atoms with Crippen molar-refractivity contribution in [2.24, 2.45) is 17.6 Å². The Morgan fingerprint density at radius 2 is 2.00 bits per heavy atom. The van der Waals surface area contributed by atoms with E-state index < -0.39 is 0 Å². The Balaban J connectivity index is 0.00000300. The molecule has 1 saturated carbocycles. The number of rotatable bonds is 8. The van der Waals surface area contributed by atoms with Gasteiger partial charge in [-0.05, 0) is 49.4 Å². The number of carbonyl (C=O) groups excluding carboxylic acids is 2. The molecular weight excluding hydrogens is 390 g/mol. The van der Waals surface area contributed by atoms with E-state index in [1.807, 2.05) is 29.2 Å². The van der Waals surface area contributed by atoms with Crippen LogP contribution in [0.3, 0.4) is 0 Å². The summed E-state index contributed by atoms with van der Waals surface area (Å²) in [7, 11) is 1.63. The van der Waals surface area contributed by atoms with Crippen LogP contribution in [0.25, 0.3) is 0 Å². The van der Waals surface area contributed by atoms with Crippen LogP contribution in [0.4, 0.5) is 0 Å². The van der Waals surface area contributed by atoms with Gasteiger partial charge in [-0.1, -0.05) is 31.9 Å². The van der Waals surface area contributed by atoms with Crippen LogP contribution in [0.2, 0.25) is 0 Å². The molecule has 4 unspecified atom stereocenters. The summed E-state index contributed by atoms with van der Waals surface area (Å²) >= 11 is 0. The van der Waals surface area contributed by atoms with Crippen LogP contribution in [0.1, 0.15) is 57.1 Å². The Morgan fingerprint density at radius 3 is 2.62 bits per heavy atom. The second kappa shape index (κ2) is 10.8. The first-order valence-electron chi connectivity index (χ1n) is 10.5. The van der Waals surface area contributed by atoms with Crippen molar-refractivity contribution >= 4 is 24.2 Å². The third-order valence-corrected chi connectivity index (χ3v) is 6.27. The third-order valence-electron chi connectivity index (χ3n) is 6.27. The zero-order chi connectivity index (χ0) is 20.1. The van der Waals surface area contributed by atoms with E-state index in [0.29, 0.717) is 19.0 Å². The summed E-state index contributed by atoms with van der Waals surface area (Å²) in [6.07, 6.45) is 5.35. The van der Waals surface area contributed by atoms with Crippen molar-refractivity contribution in [3.05, 3.63) is 29.8 Å². The van der Waals surface area contributed by atoms with Crippen molar-refractivity contribution in [1.82, 2.24) is 10.2 Å². The molecule has 1 aromatic carbocycles. The number of nitrogens with two attached hydrogens (primary N) is 1. The Labute approximate surface area is 179 Å². The van der Waals surface area contributed by atoms with E-state index >= 15 is 0 Å². The summed E-state index contributed by atoms with van der Waals surface area (Å²) in [6.45, 7) is 3.39. The largest absolute Gasteiger partial charge is 0.497 e. The number of methoxy groups -OCH3 is 1. The summed E-state index contributed by atoms with van der Waals surface area (Å²) < 4.78 is 5.26. The number of benzene rings is 1. The van der Waals surface area contributed by atoms with Crippen LogP contribution in [0.15, 0.2) is 24.3 Å². The Bertz CT molecular complexity index is 682. The Hall–Kier alpha value is -1.79. The van der Waals surface area contributed by atoms with Gasteiger partial charge in [0.25, 0.3) is 0 Å². The molecule has 0 radical (unpaired) electrons. The summed E-state index contributed by atoms with van der Waals surface area (Å²) in [4.78, 5) is 27.8. The maximum Gasteiger partial charge on any atom is 0.226 e. The van der Waals surface area contributed by atoms with Crippen LogP contribution < -0.4 is 15.8 Å². The van der Waals surface area contributed by atoms with Gasteiger partial charge in [-0.25, -0.2) is 0 Å². The van der Waals surface area contributed by atoms with Gasteiger partial charge in [0.2, 0.25) is 11.8 Å². The monoisotopic (exact) mass is 423 g/mol. The number of unbranched alkanes of at least 4 members (excludes halogenated alkanes) is 1. The molecule has 6 nitrogen and oxygen atoms in total. The fraction of sp³-hybridized carbons (Fsp3) is 0.636. The highest BCUT2D eigenvalue weighted by atomic mass is 35.5. The lowest BCUT2D eigenvalue weighted by atomic mass is 9.91. The van der Waals surface area contributed by atoms with Crippen molar-refractivity contribution < 1.29 is 14.3 Å². The molecule has 3 N–H and O–H groups in total. The lowest BCUT2D eigenvalue weighted by Crippen LogP contribution is -2.44. The van der Waals surface area contributed by atoms with E-state index in [2.05, 4.69) is 12.2 Å². The average Bonchev–Trinajstić information content (AvgIpc) is 3.30. The smallest absolute Gasteiger partial charge is 0.226 e. The molecular formula is C22H34ClN3O3. The minimum atomic E-state index is -0.364. The first kappa shape index (κ1) is 23.5. The number of likely N-dealkylation sites (tertiary alicyclic amines) is 1. The molecule has 2 amide bonds. The van der Waals surface area contributed by atoms with E-state index in [4.69, 9.17) is 10.5 Å². The maximum absolute atomic E-state index is 13.2. The number of halogens is 1. The van der Waals surface area contributed by atoms with Crippen LogP contribution in [0, 0.1) is 11.8 Å². The van der Waals surface area contributed by atoms with Crippen molar-refractivity contribution in [3.63, 3.8) is 0 Å². The molecule has 1 aromatic rings. The van der Waals surface area contributed by atoms with Gasteiger partial charge < -0.3 is 20.7 Å². The molecule has 1 saturated heterocycles. The number of nitrogens with zero attached hydrogens (tertiary/aromatic N) is 1. The predicted octanol–water partition coefficient (Wildman–Crippen LogP) is 3.05. The number of hydrogen-bond donors (Lipinski definition) is 2. The van der Waals surface area contributed by atoms with Gasteiger partial charge in [0.05, 0.1) is 19.1 Å². The van der Waals surface area contributed by atoms with E-state index in [9.17, 15) is 9.59 Å². The fourth-order valence-corrected chi connectivity index (χ4v) is 4.63. The van der Waals surface area contributed by atoms with Gasteiger partial charge >= 0.3 is 0 Å². The molecule has 2 fully saturated rings. The highest BCUT2D eigenvalue weighted by molar-refractivity contribution is 5.90. The van der Waals surface area contributed by atoms with Crippen molar-refractivity contribution in [2.75, 3.05) is 20.2 Å². The number of carbonyl (C=O) groups is 2. The van der Waals surface area contributed by atoms with Crippen LogP contribution in [-0.2, 0) is 9.59 Å². The first-order valence-corrected chi connectivity index (χ1v) is 10.5.